The van der Waals surface area contributed by atoms with E-state index in [2.05, 4.69) is 45.1 Å². The largest absolute Gasteiger partial charge is 0.508 e. The second-order valence-electron chi connectivity index (χ2n) is 6.96. The maximum Gasteiger partial charge on any atom is 0.230 e. The molecule has 31 heavy (non-hydrogen) atoms. The number of phenolic OH excluding ortho intramolecular Hbond substituents is 1. The van der Waals surface area contributed by atoms with E-state index in [-0.39, 0.29) is 23.5 Å². The predicted octanol–water partition coefficient (Wildman–Crippen LogP) is 4.00. The number of benzene rings is 3. The molecule has 0 aliphatic carbocycles. The molecule has 0 aliphatic rings. The Hall–Kier alpha value is -3.65. The van der Waals surface area contributed by atoms with Crippen LogP contribution in [0.15, 0.2) is 84.0 Å². The zero-order valence-corrected chi connectivity index (χ0v) is 17.7. The Kier molecular flexibility index (Phi) is 6.28. The number of carbonyl (C=O) groups excluding carboxylic acids is 1. The van der Waals surface area contributed by atoms with Gasteiger partial charge in [0.15, 0.2) is 0 Å². The van der Waals surface area contributed by atoms with E-state index in [0.29, 0.717) is 10.8 Å². The van der Waals surface area contributed by atoms with Gasteiger partial charge in [0.05, 0.1) is 17.5 Å². The quantitative estimate of drug-likeness (QED) is 0.430. The Morgan fingerprint density at radius 1 is 1.00 bits per heavy atom. The Morgan fingerprint density at radius 3 is 2.39 bits per heavy atom. The molecule has 0 bridgehead atoms. The van der Waals surface area contributed by atoms with Crippen LogP contribution in [0.4, 0.5) is 0 Å². The zero-order valence-electron chi connectivity index (χ0n) is 16.8. The van der Waals surface area contributed by atoms with E-state index in [9.17, 15) is 9.90 Å². The summed E-state index contributed by atoms with van der Waals surface area (Å²) < 4.78 is 1.53. The second kappa shape index (κ2) is 9.44. The van der Waals surface area contributed by atoms with Crippen LogP contribution in [0.5, 0.6) is 5.75 Å². The van der Waals surface area contributed by atoms with E-state index in [1.165, 1.54) is 16.4 Å². The number of aromatic hydroxyl groups is 1. The number of hydrogen-bond acceptors (Lipinski definition) is 6. The van der Waals surface area contributed by atoms with Crippen LogP contribution >= 0.6 is 11.8 Å². The molecule has 0 radical (unpaired) electrons. The summed E-state index contributed by atoms with van der Waals surface area (Å²) in [4.78, 5) is 12.5. The molecule has 0 unspecified atom stereocenters. The van der Waals surface area contributed by atoms with Gasteiger partial charge < -0.3 is 10.4 Å². The van der Waals surface area contributed by atoms with E-state index in [1.54, 1.807) is 24.3 Å². The van der Waals surface area contributed by atoms with Gasteiger partial charge in [-0.05, 0) is 58.3 Å². The number of aromatic nitrogens is 4. The van der Waals surface area contributed by atoms with Crippen LogP contribution in [-0.2, 0) is 4.79 Å². The topological polar surface area (TPSA) is 92.9 Å². The van der Waals surface area contributed by atoms with E-state index in [1.807, 2.05) is 37.3 Å². The van der Waals surface area contributed by atoms with Gasteiger partial charge in [-0.15, -0.1) is 5.10 Å². The summed E-state index contributed by atoms with van der Waals surface area (Å²) in [5.41, 5.74) is 4.04. The highest BCUT2D eigenvalue weighted by molar-refractivity contribution is 7.99. The smallest absolute Gasteiger partial charge is 0.230 e. The SMILES string of the molecule is C[C@@H](NC(=O)CSc1nnnn1-c1ccc(O)cc1)c1ccc(-c2ccccc2)cc1. The Bertz CT molecular complexity index is 1140. The molecule has 0 saturated heterocycles. The molecule has 7 nitrogen and oxygen atoms in total. The number of nitrogens with zero attached hydrogens (tertiary/aromatic N) is 4. The number of rotatable bonds is 7. The fourth-order valence-electron chi connectivity index (χ4n) is 3.12. The van der Waals surface area contributed by atoms with Crippen molar-refractivity contribution in [1.29, 1.82) is 0 Å². The number of hydrogen-bond donors (Lipinski definition) is 2. The lowest BCUT2D eigenvalue weighted by Crippen LogP contribution is -2.28. The lowest BCUT2D eigenvalue weighted by atomic mass is 10.0. The highest BCUT2D eigenvalue weighted by Crippen LogP contribution is 2.23. The lowest BCUT2D eigenvalue weighted by Gasteiger charge is -2.15. The van der Waals surface area contributed by atoms with Gasteiger partial charge in [-0.2, -0.15) is 4.68 Å². The zero-order chi connectivity index (χ0) is 21.6. The van der Waals surface area contributed by atoms with Crippen LogP contribution in [-0.4, -0.2) is 37.0 Å². The van der Waals surface area contributed by atoms with Crippen molar-refractivity contribution in [2.75, 3.05) is 5.75 Å². The van der Waals surface area contributed by atoms with Crippen LogP contribution in [0.1, 0.15) is 18.5 Å². The maximum atomic E-state index is 12.5. The number of thioether (sulfide) groups is 1. The summed E-state index contributed by atoms with van der Waals surface area (Å²) in [7, 11) is 0. The second-order valence-corrected chi connectivity index (χ2v) is 7.90. The molecule has 2 N–H and O–H groups in total. The number of tetrazole rings is 1. The van der Waals surface area contributed by atoms with E-state index >= 15 is 0 Å². The van der Waals surface area contributed by atoms with Gasteiger partial charge in [-0.3, -0.25) is 4.79 Å². The molecule has 1 amide bonds. The minimum absolute atomic E-state index is 0.107. The Morgan fingerprint density at radius 2 is 1.68 bits per heavy atom. The Labute approximate surface area is 184 Å². The summed E-state index contributed by atoms with van der Waals surface area (Å²) in [6.45, 7) is 1.96. The van der Waals surface area contributed by atoms with Crippen molar-refractivity contribution < 1.29 is 9.90 Å². The third-order valence-corrected chi connectivity index (χ3v) is 5.68. The van der Waals surface area contributed by atoms with Crippen molar-refractivity contribution in [2.45, 2.75) is 18.1 Å². The predicted molar refractivity (Wildman–Crippen MR) is 120 cm³/mol. The molecular formula is C23H21N5O2S. The van der Waals surface area contributed by atoms with Gasteiger partial charge in [-0.1, -0.05) is 66.4 Å². The molecule has 0 spiro atoms. The fraction of sp³-hybridized carbons (Fsp3) is 0.130. The summed E-state index contributed by atoms with van der Waals surface area (Å²) in [5.74, 6) is 0.242. The highest BCUT2D eigenvalue weighted by atomic mass is 32.2. The maximum absolute atomic E-state index is 12.5. The first-order valence-corrected chi connectivity index (χ1v) is 10.7. The summed E-state index contributed by atoms with van der Waals surface area (Å²) in [6, 6.07) is 24.8. The Balaban J connectivity index is 1.34. The van der Waals surface area contributed by atoms with Gasteiger partial charge in [0.1, 0.15) is 5.75 Å². The number of carbonyl (C=O) groups is 1. The van der Waals surface area contributed by atoms with Crippen LogP contribution < -0.4 is 5.32 Å². The van der Waals surface area contributed by atoms with E-state index < -0.39 is 0 Å². The average molecular weight is 432 g/mol. The number of phenols is 1. The highest BCUT2D eigenvalue weighted by Gasteiger charge is 2.14. The molecule has 3 aromatic carbocycles. The van der Waals surface area contributed by atoms with E-state index in [4.69, 9.17) is 0 Å². The van der Waals surface area contributed by atoms with Crippen molar-refractivity contribution >= 4 is 17.7 Å². The molecule has 1 atom stereocenters. The van der Waals surface area contributed by atoms with Crippen molar-refractivity contribution in [3.63, 3.8) is 0 Å². The first kappa shape index (κ1) is 20.6. The molecule has 0 saturated carbocycles. The van der Waals surface area contributed by atoms with Crippen LogP contribution in [0.3, 0.4) is 0 Å². The van der Waals surface area contributed by atoms with Gasteiger partial charge >= 0.3 is 0 Å². The van der Waals surface area contributed by atoms with Gasteiger partial charge in [0.25, 0.3) is 0 Å². The third-order valence-electron chi connectivity index (χ3n) is 4.76. The monoisotopic (exact) mass is 431 g/mol. The van der Waals surface area contributed by atoms with Gasteiger partial charge in [-0.25, -0.2) is 0 Å². The van der Waals surface area contributed by atoms with Crippen molar-refractivity contribution in [3.8, 4) is 22.6 Å². The van der Waals surface area contributed by atoms with Gasteiger partial charge in [0.2, 0.25) is 11.1 Å². The molecule has 8 heteroatoms. The lowest BCUT2D eigenvalue weighted by molar-refractivity contribution is -0.119. The molecule has 0 aliphatic heterocycles. The number of amides is 1. The normalized spacial score (nSPS) is 11.8. The summed E-state index contributed by atoms with van der Waals surface area (Å²) >= 11 is 1.25. The summed E-state index contributed by atoms with van der Waals surface area (Å²) in [6.07, 6.45) is 0. The van der Waals surface area contributed by atoms with Crippen molar-refractivity contribution in [2.24, 2.45) is 0 Å². The average Bonchev–Trinajstić information content (AvgIpc) is 3.27. The third kappa shape index (κ3) is 5.10. The number of nitrogens with one attached hydrogen (secondary N) is 1. The van der Waals surface area contributed by atoms with Crippen molar-refractivity contribution in [1.82, 2.24) is 25.5 Å². The molecular weight excluding hydrogens is 410 g/mol. The minimum Gasteiger partial charge on any atom is -0.508 e. The first-order chi connectivity index (χ1) is 15.1. The summed E-state index contributed by atoms with van der Waals surface area (Å²) in [5, 5.41) is 24.6. The van der Waals surface area contributed by atoms with Gasteiger partial charge in [0, 0.05) is 0 Å². The molecule has 4 aromatic rings. The fourth-order valence-corrected chi connectivity index (χ4v) is 3.82. The van der Waals surface area contributed by atoms with Crippen LogP contribution in [0.2, 0.25) is 0 Å². The standard InChI is InChI=1S/C23H21N5O2S/c1-16(17-7-9-19(10-8-17)18-5-3-2-4-6-18)24-22(30)15-31-23-25-26-27-28(23)20-11-13-21(29)14-12-20/h2-14,16,29H,15H2,1H3,(H,24,30)/t16-/m1/s1. The minimum atomic E-state index is -0.119. The molecule has 1 aromatic heterocycles. The van der Waals surface area contributed by atoms with Crippen molar-refractivity contribution in [3.05, 3.63) is 84.4 Å². The van der Waals surface area contributed by atoms with Crippen LogP contribution in [0, 0.1) is 0 Å². The molecule has 0 fully saturated rings. The van der Waals surface area contributed by atoms with E-state index in [0.717, 1.165) is 16.7 Å². The molecule has 4 rings (SSSR count). The first-order valence-electron chi connectivity index (χ1n) is 9.75. The van der Waals surface area contributed by atoms with Crippen LogP contribution in [0.25, 0.3) is 16.8 Å². The molecule has 156 valence electrons. The molecule has 1 heterocycles.